The number of hydrogen-bond donors (Lipinski definition) is 0. The second kappa shape index (κ2) is 10.1. The molecule has 4 aromatic rings. The number of ether oxygens (including phenoxy) is 1. The van der Waals surface area contributed by atoms with Gasteiger partial charge in [0.15, 0.2) is 0 Å². The second-order valence-electron chi connectivity index (χ2n) is 9.27. The Balaban J connectivity index is 1.57. The van der Waals surface area contributed by atoms with Gasteiger partial charge in [-0.1, -0.05) is 41.9 Å². The molecule has 3 aromatic carbocycles. The molecule has 0 radical (unpaired) electrons. The lowest BCUT2D eigenvalue weighted by molar-refractivity contribution is -0.120. The van der Waals surface area contributed by atoms with Crippen LogP contribution in [-0.4, -0.2) is 41.0 Å². The van der Waals surface area contributed by atoms with E-state index in [1.807, 2.05) is 85.6 Å². The molecule has 0 saturated heterocycles. The third kappa shape index (κ3) is 4.60. The minimum Gasteiger partial charge on any atom is -0.497 e. The van der Waals surface area contributed by atoms with Crippen LogP contribution in [0.15, 0.2) is 91.1 Å². The van der Waals surface area contributed by atoms with Crippen molar-refractivity contribution in [2.45, 2.75) is 25.9 Å². The largest absolute Gasteiger partial charge is 0.497 e. The fourth-order valence-corrected chi connectivity index (χ4v) is 5.05. The third-order valence-corrected chi connectivity index (χ3v) is 6.92. The average Bonchev–Trinajstić information content (AvgIpc) is 3.40. The Morgan fingerprint density at radius 1 is 0.946 bits per heavy atom. The van der Waals surface area contributed by atoms with E-state index in [0.29, 0.717) is 10.6 Å². The molecule has 6 nitrogen and oxygen atoms in total. The van der Waals surface area contributed by atoms with E-state index < -0.39 is 0 Å². The zero-order chi connectivity index (χ0) is 26.1. The average molecular weight is 514 g/mol. The highest BCUT2D eigenvalue weighted by molar-refractivity contribution is 6.31. The summed E-state index contributed by atoms with van der Waals surface area (Å²) >= 11 is 6.15. The van der Waals surface area contributed by atoms with Crippen LogP contribution in [0.4, 0.5) is 5.69 Å². The van der Waals surface area contributed by atoms with E-state index in [1.54, 1.807) is 36.3 Å². The summed E-state index contributed by atoms with van der Waals surface area (Å²) < 4.78 is 7.47. The topological polar surface area (TPSA) is 54.8 Å². The molecule has 2 heterocycles. The Kier molecular flexibility index (Phi) is 6.76. The highest BCUT2D eigenvalue weighted by Crippen LogP contribution is 2.42. The zero-order valence-corrected chi connectivity index (χ0v) is 21.7. The molecule has 5 rings (SSSR count). The zero-order valence-electron chi connectivity index (χ0n) is 21.0. The van der Waals surface area contributed by atoms with Gasteiger partial charge in [-0.2, -0.15) is 0 Å². The number of carbonyl (C=O) groups excluding carboxylic acids is 2. The van der Waals surface area contributed by atoms with Gasteiger partial charge in [-0.25, -0.2) is 0 Å². The molecule has 0 fully saturated rings. The molecular formula is C30H28ClN3O3. The van der Waals surface area contributed by atoms with E-state index in [4.69, 9.17) is 16.3 Å². The molecule has 1 aliphatic rings. The number of aromatic nitrogens is 1. The second-order valence-corrected chi connectivity index (χ2v) is 9.70. The molecule has 1 aromatic heterocycles. The minimum atomic E-state index is -0.376. The number of fused-ring (bicyclic) bond motifs is 3. The maximum absolute atomic E-state index is 14.2. The van der Waals surface area contributed by atoms with Crippen molar-refractivity contribution in [3.63, 3.8) is 0 Å². The monoisotopic (exact) mass is 513 g/mol. The first-order valence-electron chi connectivity index (χ1n) is 12.2. The van der Waals surface area contributed by atoms with E-state index in [-0.39, 0.29) is 30.4 Å². The highest BCUT2D eigenvalue weighted by Gasteiger charge is 2.37. The van der Waals surface area contributed by atoms with Crippen molar-refractivity contribution in [1.82, 2.24) is 9.47 Å². The van der Waals surface area contributed by atoms with Crippen molar-refractivity contribution < 1.29 is 14.3 Å². The van der Waals surface area contributed by atoms with Crippen LogP contribution in [0.1, 0.15) is 41.5 Å². The lowest BCUT2D eigenvalue weighted by atomic mass is 9.97. The lowest BCUT2D eigenvalue weighted by Crippen LogP contribution is -2.48. The normalized spacial score (nSPS) is 14.2. The first-order valence-corrected chi connectivity index (χ1v) is 12.6. The maximum Gasteiger partial charge on any atom is 0.254 e. The number of benzene rings is 3. The van der Waals surface area contributed by atoms with E-state index in [1.165, 1.54) is 0 Å². The number of rotatable bonds is 6. The molecule has 0 N–H and O–H groups in total. The predicted molar refractivity (Wildman–Crippen MR) is 146 cm³/mol. The molecule has 0 aliphatic carbocycles. The summed E-state index contributed by atoms with van der Waals surface area (Å²) in [5, 5.41) is 0.478. The van der Waals surface area contributed by atoms with Gasteiger partial charge in [0.2, 0.25) is 5.91 Å². The van der Waals surface area contributed by atoms with Crippen LogP contribution in [0.2, 0.25) is 5.02 Å². The number of halogens is 1. The van der Waals surface area contributed by atoms with Gasteiger partial charge in [-0.15, -0.1) is 0 Å². The molecule has 2 amide bonds. The van der Waals surface area contributed by atoms with E-state index in [0.717, 1.165) is 28.4 Å². The molecule has 1 unspecified atom stereocenters. The SMILES string of the molecule is COc1ccc(C2c3cccn3-c3ccccc3N2C(=O)CN(C(=O)c2cccc(Cl)c2)C(C)C)cc1. The van der Waals surface area contributed by atoms with Gasteiger partial charge >= 0.3 is 0 Å². The van der Waals surface area contributed by atoms with Crippen LogP contribution in [-0.2, 0) is 4.79 Å². The summed E-state index contributed by atoms with van der Waals surface area (Å²) in [5.41, 5.74) is 4.07. The number of nitrogens with zero attached hydrogens (tertiary/aromatic N) is 3. The molecule has 1 atom stereocenters. The number of hydrogen-bond acceptors (Lipinski definition) is 3. The molecule has 0 bridgehead atoms. The summed E-state index contributed by atoms with van der Waals surface area (Å²) in [6, 6.07) is 25.9. The van der Waals surface area contributed by atoms with Crippen LogP contribution in [0, 0.1) is 0 Å². The van der Waals surface area contributed by atoms with Gasteiger partial charge in [-0.05, 0) is 74.0 Å². The van der Waals surface area contributed by atoms with Gasteiger partial charge in [0.05, 0.1) is 24.2 Å². The third-order valence-electron chi connectivity index (χ3n) is 6.68. The first kappa shape index (κ1) is 24.7. The van der Waals surface area contributed by atoms with Crippen LogP contribution in [0.5, 0.6) is 5.75 Å². The van der Waals surface area contributed by atoms with E-state index in [2.05, 4.69) is 4.57 Å². The van der Waals surface area contributed by atoms with Gasteiger partial charge in [0.1, 0.15) is 18.3 Å². The number of carbonyl (C=O) groups is 2. The van der Waals surface area contributed by atoms with Crippen molar-refractivity contribution in [1.29, 1.82) is 0 Å². The summed E-state index contributed by atoms with van der Waals surface area (Å²) in [7, 11) is 1.63. The fourth-order valence-electron chi connectivity index (χ4n) is 4.86. The summed E-state index contributed by atoms with van der Waals surface area (Å²) in [5.74, 6) is 0.330. The fraction of sp³-hybridized carbons (Fsp3) is 0.200. The van der Waals surface area contributed by atoms with Crippen LogP contribution in [0.3, 0.4) is 0 Å². The number of anilines is 1. The molecule has 188 valence electrons. The summed E-state index contributed by atoms with van der Waals surface area (Å²) in [6.07, 6.45) is 2.01. The standard InChI is InChI=1S/C30H28ClN3O3/c1-20(2)33(30(36)22-8-6-9-23(31)18-22)19-28(35)34-26-11-5-4-10-25(26)32-17-7-12-27(32)29(34)21-13-15-24(37-3)16-14-21/h4-18,20,29H,19H2,1-3H3. The van der Waals surface area contributed by atoms with E-state index >= 15 is 0 Å². The number of para-hydroxylation sites is 2. The predicted octanol–water partition coefficient (Wildman–Crippen LogP) is 6.13. The molecular weight excluding hydrogens is 486 g/mol. The minimum absolute atomic E-state index is 0.0787. The molecule has 7 heteroatoms. The molecule has 1 aliphatic heterocycles. The smallest absolute Gasteiger partial charge is 0.254 e. The van der Waals surface area contributed by atoms with Crippen molar-refractivity contribution in [2.24, 2.45) is 0 Å². The van der Waals surface area contributed by atoms with Crippen molar-refractivity contribution in [2.75, 3.05) is 18.6 Å². The van der Waals surface area contributed by atoms with Gasteiger partial charge < -0.3 is 14.2 Å². The van der Waals surface area contributed by atoms with Crippen LogP contribution < -0.4 is 9.64 Å². The summed E-state index contributed by atoms with van der Waals surface area (Å²) in [4.78, 5) is 31.1. The molecule has 37 heavy (non-hydrogen) atoms. The highest BCUT2D eigenvalue weighted by atomic mass is 35.5. The van der Waals surface area contributed by atoms with Gasteiger partial charge in [-0.3, -0.25) is 14.5 Å². The quantitative estimate of drug-likeness (QED) is 0.312. The molecule has 0 saturated carbocycles. The Hall–Kier alpha value is -4.03. The lowest BCUT2D eigenvalue weighted by Gasteiger charge is -2.40. The van der Waals surface area contributed by atoms with E-state index in [9.17, 15) is 9.59 Å². The van der Waals surface area contributed by atoms with Gasteiger partial charge in [0.25, 0.3) is 5.91 Å². The number of methoxy groups -OCH3 is 1. The van der Waals surface area contributed by atoms with Crippen molar-refractivity contribution in [3.05, 3.63) is 113 Å². The maximum atomic E-state index is 14.2. The van der Waals surface area contributed by atoms with Crippen molar-refractivity contribution >= 4 is 29.1 Å². The molecule has 0 spiro atoms. The Morgan fingerprint density at radius 2 is 1.68 bits per heavy atom. The van der Waals surface area contributed by atoms with Crippen LogP contribution in [0.25, 0.3) is 5.69 Å². The van der Waals surface area contributed by atoms with Crippen LogP contribution >= 0.6 is 11.6 Å². The van der Waals surface area contributed by atoms with Crippen molar-refractivity contribution in [3.8, 4) is 11.4 Å². The Bertz CT molecular complexity index is 1440. The first-order chi connectivity index (χ1) is 17.9. The number of amides is 2. The Morgan fingerprint density at radius 3 is 2.35 bits per heavy atom. The Labute approximate surface area is 221 Å². The van der Waals surface area contributed by atoms with Gasteiger partial charge in [0, 0.05) is 22.8 Å². The summed E-state index contributed by atoms with van der Waals surface area (Å²) in [6.45, 7) is 3.74.